The molecule has 2 fully saturated rings. The number of aromatic amines is 1. The number of hydrogen-bond donors (Lipinski definition) is 1. The molecule has 7 heteroatoms. The molecule has 2 aliphatic rings. The molecule has 0 radical (unpaired) electrons. The predicted octanol–water partition coefficient (Wildman–Crippen LogP) is 2.38. The van der Waals surface area contributed by atoms with Crippen LogP contribution in [0, 0.1) is 6.92 Å². The van der Waals surface area contributed by atoms with Gasteiger partial charge in [-0.25, -0.2) is 4.98 Å². The molecule has 1 amide bonds. The summed E-state index contributed by atoms with van der Waals surface area (Å²) in [4.78, 5) is 37.8. The highest BCUT2D eigenvalue weighted by Gasteiger charge is 2.28. The molecule has 6 nitrogen and oxygen atoms in total. The minimum atomic E-state index is -0.166. The quantitative estimate of drug-likeness (QED) is 0.893. The Kier molecular flexibility index (Phi) is 4.60. The zero-order valence-corrected chi connectivity index (χ0v) is 15.4. The normalized spacial score (nSPS) is 20.3. The van der Waals surface area contributed by atoms with E-state index >= 15 is 0 Å². The van der Waals surface area contributed by atoms with Gasteiger partial charge in [-0.2, -0.15) is 0 Å². The standard InChI is InChI=1S/C18H24N4O2S/c1-12-14-16(23)19-11-20-17(14)25-15(12)18(24)22-8-4-7-21(9-10-22)13-5-2-3-6-13/h11,13H,2-10H2,1H3,(H,19,20,23). The first kappa shape index (κ1) is 16.7. The van der Waals surface area contributed by atoms with Crippen LogP contribution in [0.5, 0.6) is 0 Å². The first-order valence-electron chi connectivity index (χ1n) is 9.15. The summed E-state index contributed by atoms with van der Waals surface area (Å²) in [5.41, 5.74) is 0.595. The van der Waals surface area contributed by atoms with Gasteiger partial charge in [-0.1, -0.05) is 12.8 Å². The Labute approximate surface area is 150 Å². The second-order valence-electron chi connectivity index (χ2n) is 7.09. The highest BCUT2D eigenvalue weighted by atomic mass is 32.1. The van der Waals surface area contributed by atoms with Crippen LogP contribution in [0.1, 0.15) is 47.3 Å². The number of carbonyl (C=O) groups excluding carboxylic acids is 1. The molecule has 0 spiro atoms. The number of aryl methyl sites for hydroxylation is 1. The van der Waals surface area contributed by atoms with Gasteiger partial charge in [0.05, 0.1) is 16.6 Å². The Balaban J connectivity index is 1.54. The molecule has 2 aromatic rings. The van der Waals surface area contributed by atoms with Crippen LogP contribution in [0.25, 0.3) is 10.2 Å². The average molecular weight is 360 g/mol. The van der Waals surface area contributed by atoms with Gasteiger partial charge in [0, 0.05) is 32.2 Å². The van der Waals surface area contributed by atoms with E-state index in [1.807, 2.05) is 11.8 Å². The second-order valence-corrected chi connectivity index (χ2v) is 8.09. The summed E-state index contributed by atoms with van der Waals surface area (Å²) in [5.74, 6) is 0.0492. The van der Waals surface area contributed by atoms with Crippen molar-refractivity contribution in [2.24, 2.45) is 0 Å². The summed E-state index contributed by atoms with van der Waals surface area (Å²) in [6.07, 6.45) is 7.71. The lowest BCUT2D eigenvalue weighted by Gasteiger charge is -2.27. The Morgan fingerprint density at radius 1 is 1.20 bits per heavy atom. The van der Waals surface area contributed by atoms with Crippen molar-refractivity contribution in [3.63, 3.8) is 0 Å². The fourth-order valence-corrected chi connectivity index (χ4v) is 5.32. The summed E-state index contributed by atoms with van der Waals surface area (Å²) in [6, 6.07) is 0.712. The topological polar surface area (TPSA) is 69.3 Å². The van der Waals surface area contributed by atoms with Crippen LogP contribution >= 0.6 is 11.3 Å². The molecule has 0 aromatic carbocycles. The molecule has 134 valence electrons. The molecular formula is C18H24N4O2S. The maximum absolute atomic E-state index is 13.1. The third-order valence-corrected chi connectivity index (χ3v) is 6.77. The lowest BCUT2D eigenvalue weighted by molar-refractivity contribution is 0.0762. The molecule has 1 N–H and O–H groups in total. The van der Waals surface area contributed by atoms with Crippen molar-refractivity contribution < 1.29 is 4.79 Å². The van der Waals surface area contributed by atoms with Crippen molar-refractivity contribution in [3.05, 3.63) is 27.1 Å². The predicted molar refractivity (Wildman–Crippen MR) is 99.3 cm³/mol. The zero-order chi connectivity index (χ0) is 17.4. The molecule has 0 unspecified atom stereocenters. The highest BCUT2D eigenvalue weighted by molar-refractivity contribution is 7.20. The Morgan fingerprint density at radius 2 is 2.00 bits per heavy atom. The molecule has 2 aromatic heterocycles. The van der Waals surface area contributed by atoms with Crippen molar-refractivity contribution in [1.82, 2.24) is 19.8 Å². The van der Waals surface area contributed by atoms with Crippen molar-refractivity contribution in [2.45, 2.75) is 45.1 Å². The van der Waals surface area contributed by atoms with Crippen LogP contribution in [0.3, 0.4) is 0 Å². The Hall–Kier alpha value is -1.73. The number of amides is 1. The zero-order valence-electron chi connectivity index (χ0n) is 14.6. The minimum absolute atomic E-state index is 0.0492. The lowest BCUT2D eigenvalue weighted by atomic mass is 10.2. The number of nitrogens with zero attached hydrogens (tertiary/aromatic N) is 3. The number of nitrogens with one attached hydrogen (secondary N) is 1. The van der Waals surface area contributed by atoms with Crippen LogP contribution in [0.4, 0.5) is 0 Å². The first-order chi connectivity index (χ1) is 12.1. The van der Waals surface area contributed by atoms with Crippen molar-refractivity contribution in [1.29, 1.82) is 0 Å². The van der Waals surface area contributed by atoms with Crippen molar-refractivity contribution in [2.75, 3.05) is 26.2 Å². The molecule has 3 heterocycles. The maximum atomic E-state index is 13.1. The number of fused-ring (bicyclic) bond motifs is 1. The Bertz CT molecular complexity index is 837. The number of rotatable bonds is 2. The maximum Gasteiger partial charge on any atom is 0.264 e. The molecule has 25 heavy (non-hydrogen) atoms. The lowest BCUT2D eigenvalue weighted by Crippen LogP contribution is -2.38. The van der Waals surface area contributed by atoms with E-state index in [0.29, 0.717) is 21.1 Å². The fourth-order valence-electron chi connectivity index (χ4n) is 4.20. The van der Waals surface area contributed by atoms with Gasteiger partial charge >= 0.3 is 0 Å². The summed E-state index contributed by atoms with van der Waals surface area (Å²) in [5, 5.41) is 0.554. The van der Waals surface area contributed by atoms with Gasteiger partial charge in [0.15, 0.2) is 0 Å². The third-order valence-electron chi connectivity index (χ3n) is 5.59. The number of aromatic nitrogens is 2. The fraction of sp³-hybridized carbons (Fsp3) is 0.611. The molecular weight excluding hydrogens is 336 g/mol. The highest BCUT2D eigenvalue weighted by Crippen LogP contribution is 2.29. The van der Waals surface area contributed by atoms with Gasteiger partial charge in [0.1, 0.15) is 4.83 Å². The molecule has 0 atom stereocenters. The molecule has 1 aliphatic carbocycles. The van der Waals surface area contributed by atoms with Crippen LogP contribution in [-0.4, -0.2) is 57.9 Å². The molecule has 4 rings (SSSR count). The van der Waals surface area contributed by atoms with E-state index < -0.39 is 0 Å². The van der Waals surface area contributed by atoms with Gasteiger partial charge in [0.2, 0.25) is 0 Å². The molecule has 1 aliphatic heterocycles. The summed E-state index contributed by atoms with van der Waals surface area (Å²) >= 11 is 1.34. The number of hydrogen-bond acceptors (Lipinski definition) is 5. The van der Waals surface area contributed by atoms with Crippen LogP contribution in [0.2, 0.25) is 0 Å². The summed E-state index contributed by atoms with van der Waals surface area (Å²) < 4.78 is 0. The van der Waals surface area contributed by atoms with Gasteiger partial charge in [-0.05, 0) is 31.7 Å². The van der Waals surface area contributed by atoms with E-state index in [1.54, 1.807) is 0 Å². The minimum Gasteiger partial charge on any atom is -0.337 e. The van der Waals surface area contributed by atoms with E-state index in [1.165, 1.54) is 43.3 Å². The third kappa shape index (κ3) is 3.11. The largest absolute Gasteiger partial charge is 0.337 e. The molecule has 0 bridgehead atoms. The van der Waals surface area contributed by atoms with Crippen molar-refractivity contribution >= 4 is 27.5 Å². The number of thiophene rings is 1. The van der Waals surface area contributed by atoms with E-state index in [-0.39, 0.29) is 11.5 Å². The SMILES string of the molecule is Cc1c(C(=O)N2CCCN(C3CCCC3)CC2)sc2nc[nH]c(=O)c12. The van der Waals surface area contributed by atoms with E-state index in [9.17, 15) is 9.59 Å². The van der Waals surface area contributed by atoms with Gasteiger partial charge in [0.25, 0.3) is 11.5 Å². The summed E-state index contributed by atoms with van der Waals surface area (Å²) in [6.45, 7) is 5.46. The monoisotopic (exact) mass is 360 g/mol. The summed E-state index contributed by atoms with van der Waals surface area (Å²) in [7, 11) is 0. The molecule has 1 saturated carbocycles. The second kappa shape index (κ2) is 6.88. The smallest absolute Gasteiger partial charge is 0.264 e. The van der Waals surface area contributed by atoms with Gasteiger partial charge < -0.3 is 9.88 Å². The number of H-pyrrole nitrogens is 1. The number of carbonyl (C=O) groups is 1. The van der Waals surface area contributed by atoms with Crippen LogP contribution in [0.15, 0.2) is 11.1 Å². The van der Waals surface area contributed by atoms with Crippen LogP contribution < -0.4 is 5.56 Å². The van der Waals surface area contributed by atoms with E-state index in [2.05, 4.69) is 14.9 Å². The first-order valence-corrected chi connectivity index (χ1v) is 9.97. The van der Waals surface area contributed by atoms with E-state index in [4.69, 9.17) is 0 Å². The molecule has 1 saturated heterocycles. The average Bonchev–Trinajstić information content (AvgIpc) is 3.17. The van der Waals surface area contributed by atoms with Gasteiger partial charge in [-0.3, -0.25) is 14.5 Å². The van der Waals surface area contributed by atoms with E-state index in [0.717, 1.165) is 38.2 Å². The Morgan fingerprint density at radius 3 is 2.76 bits per heavy atom. The van der Waals surface area contributed by atoms with Gasteiger partial charge in [-0.15, -0.1) is 11.3 Å². The van der Waals surface area contributed by atoms with Crippen molar-refractivity contribution in [3.8, 4) is 0 Å². The van der Waals surface area contributed by atoms with Crippen LogP contribution in [-0.2, 0) is 0 Å².